The predicted molar refractivity (Wildman–Crippen MR) is 106 cm³/mol. The molecular weight excluding hydrogens is 444 g/mol. The first-order valence-corrected chi connectivity index (χ1v) is 9.52. The van der Waals surface area contributed by atoms with Gasteiger partial charge in [0, 0.05) is 5.56 Å². The van der Waals surface area contributed by atoms with E-state index in [2.05, 4.69) is 4.98 Å². The Balaban J connectivity index is 0.000000221. The first-order valence-electron chi connectivity index (χ1n) is 8.71. The largest absolute Gasteiger partial charge is 0.471 e. The summed E-state index contributed by atoms with van der Waals surface area (Å²) in [5.41, 5.74) is 6.94. The van der Waals surface area contributed by atoms with Crippen molar-refractivity contribution in [3.05, 3.63) is 71.2 Å². The Bertz CT molecular complexity index is 988. The fourth-order valence-corrected chi connectivity index (χ4v) is 3.08. The molecule has 0 fully saturated rings. The molecule has 3 rings (SSSR count). The lowest BCUT2D eigenvalue weighted by molar-refractivity contribution is -0.174. The maximum Gasteiger partial charge on any atom is 0.471 e. The van der Waals surface area contributed by atoms with Gasteiger partial charge in [-0.25, -0.2) is 4.98 Å². The van der Waals surface area contributed by atoms with Crippen molar-refractivity contribution in [2.24, 2.45) is 0 Å². The molecule has 0 aliphatic heterocycles. The van der Waals surface area contributed by atoms with E-state index in [4.69, 9.17) is 5.73 Å². The summed E-state index contributed by atoms with van der Waals surface area (Å²) in [6.45, 7) is 1.50. The normalized spacial score (nSPS) is 12.5. The van der Waals surface area contributed by atoms with Crippen molar-refractivity contribution >= 4 is 22.2 Å². The van der Waals surface area contributed by atoms with Crippen LogP contribution >= 0.6 is 11.3 Å². The highest BCUT2D eigenvalue weighted by molar-refractivity contribution is 7.16. The molecule has 4 nitrogen and oxygen atoms in total. The number of nitrogens with one attached hydrogen (secondary N) is 1. The van der Waals surface area contributed by atoms with Crippen LogP contribution in [-0.2, 0) is 11.0 Å². The van der Waals surface area contributed by atoms with Gasteiger partial charge in [0.15, 0.2) is 0 Å². The third-order valence-electron chi connectivity index (χ3n) is 3.85. The summed E-state index contributed by atoms with van der Waals surface area (Å²) >= 11 is 0.458. The van der Waals surface area contributed by atoms with Crippen LogP contribution in [0.5, 0.6) is 0 Å². The van der Waals surface area contributed by atoms with E-state index < -0.39 is 29.3 Å². The van der Waals surface area contributed by atoms with Gasteiger partial charge in [0.25, 0.3) is 0 Å². The minimum absolute atomic E-state index is 0.0820. The molecule has 1 heterocycles. The molecule has 0 saturated carbocycles. The molecule has 0 spiro atoms. The maximum atomic E-state index is 12.4. The Hall–Kier alpha value is -3.08. The number of nitrogens with zero attached hydrogens (tertiary/aromatic N) is 1. The van der Waals surface area contributed by atoms with E-state index in [0.29, 0.717) is 22.5 Å². The van der Waals surface area contributed by atoms with E-state index in [0.717, 1.165) is 0 Å². The van der Waals surface area contributed by atoms with Crippen molar-refractivity contribution in [1.82, 2.24) is 10.3 Å². The average Bonchev–Trinajstić information content (AvgIpc) is 3.11. The second-order valence-corrected chi connectivity index (χ2v) is 7.23. The smallest absolute Gasteiger partial charge is 0.389 e. The van der Waals surface area contributed by atoms with Gasteiger partial charge in [0.05, 0.1) is 6.04 Å². The lowest BCUT2D eigenvalue weighted by Gasteiger charge is -2.15. The van der Waals surface area contributed by atoms with E-state index in [1.807, 2.05) is 5.32 Å². The van der Waals surface area contributed by atoms with E-state index in [-0.39, 0.29) is 10.7 Å². The van der Waals surface area contributed by atoms with Gasteiger partial charge in [0.2, 0.25) is 5.01 Å². The number of thiazole rings is 1. The van der Waals surface area contributed by atoms with Gasteiger partial charge in [-0.05, 0) is 12.5 Å². The fraction of sp³-hybridized carbons (Fsp3) is 0.200. The predicted octanol–water partition coefficient (Wildman–Crippen LogP) is 5.84. The highest BCUT2D eigenvalue weighted by Crippen LogP contribution is 2.38. The number of nitrogen functional groups attached to an aromatic ring is 1. The van der Waals surface area contributed by atoms with Crippen LogP contribution in [0.3, 0.4) is 0 Å². The van der Waals surface area contributed by atoms with Gasteiger partial charge in [-0.2, -0.15) is 26.3 Å². The zero-order chi connectivity index (χ0) is 23.2. The van der Waals surface area contributed by atoms with Crippen LogP contribution in [0.1, 0.15) is 23.5 Å². The van der Waals surface area contributed by atoms with Crippen LogP contribution in [0.4, 0.5) is 31.3 Å². The van der Waals surface area contributed by atoms with Crippen LogP contribution in [-0.4, -0.2) is 17.1 Å². The van der Waals surface area contributed by atoms with E-state index in [1.54, 1.807) is 60.7 Å². The minimum Gasteiger partial charge on any atom is -0.389 e. The number of alkyl halides is 6. The van der Waals surface area contributed by atoms with Crippen molar-refractivity contribution in [2.45, 2.75) is 25.3 Å². The number of hydrogen-bond acceptors (Lipinski definition) is 4. The molecule has 31 heavy (non-hydrogen) atoms. The summed E-state index contributed by atoms with van der Waals surface area (Å²) in [6, 6.07) is 16.4. The molecule has 1 amide bonds. The molecule has 2 aromatic carbocycles. The van der Waals surface area contributed by atoms with Crippen molar-refractivity contribution < 1.29 is 31.1 Å². The first-order chi connectivity index (χ1) is 14.4. The highest BCUT2D eigenvalue weighted by atomic mass is 32.1. The van der Waals surface area contributed by atoms with Crippen molar-refractivity contribution in [3.8, 4) is 11.3 Å². The van der Waals surface area contributed by atoms with Crippen LogP contribution in [0, 0.1) is 0 Å². The number of benzene rings is 2. The fourth-order valence-electron chi connectivity index (χ4n) is 2.36. The molecular formula is C20H17F6N3OS. The highest BCUT2D eigenvalue weighted by Gasteiger charge is 2.39. The lowest BCUT2D eigenvalue weighted by atomic mass is 10.1. The molecule has 166 valence electrons. The van der Waals surface area contributed by atoms with Crippen LogP contribution in [0.25, 0.3) is 11.3 Å². The third-order valence-corrected chi connectivity index (χ3v) is 4.78. The molecule has 3 aromatic rings. The molecule has 0 aliphatic rings. The molecule has 1 unspecified atom stereocenters. The number of nitrogens with two attached hydrogens (primary N) is 1. The number of carbonyl (C=O) groups is 1. The van der Waals surface area contributed by atoms with Gasteiger partial charge in [-0.3, -0.25) is 4.79 Å². The summed E-state index contributed by atoms with van der Waals surface area (Å²) in [7, 11) is 0. The molecule has 0 bridgehead atoms. The Labute approximate surface area is 177 Å². The average molecular weight is 461 g/mol. The molecule has 0 radical (unpaired) electrons. The van der Waals surface area contributed by atoms with E-state index in [1.165, 1.54) is 6.92 Å². The number of rotatable bonds is 3. The molecule has 11 heteroatoms. The van der Waals surface area contributed by atoms with Crippen molar-refractivity contribution in [2.75, 3.05) is 5.73 Å². The first kappa shape index (κ1) is 24.2. The Morgan fingerprint density at radius 1 is 0.968 bits per heavy atom. The van der Waals surface area contributed by atoms with Gasteiger partial charge < -0.3 is 11.1 Å². The van der Waals surface area contributed by atoms with E-state index in [9.17, 15) is 31.1 Å². The number of aromatic nitrogens is 1. The number of carbonyl (C=O) groups excluding carboxylic acids is 1. The zero-order valence-electron chi connectivity index (χ0n) is 16.0. The topological polar surface area (TPSA) is 68.0 Å². The number of amides is 1. The second-order valence-electron chi connectivity index (χ2n) is 6.20. The van der Waals surface area contributed by atoms with Gasteiger partial charge >= 0.3 is 18.3 Å². The second kappa shape index (κ2) is 9.82. The molecule has 0 saturated heterocycles. The number of halogens is 6. The summed E-state index contributed by atoms with van der Waals surface area (Å²) in [5, 5.41) is 1.04. The van der Waals surface area contributed by atoms with Crippen molar-refractivity contribution in [3.63, 3.8) is 0 Å². The summed E-state index contributed by atoms with van der Waals surface area (Å²) in [6.07, 6.45) is -9.27. The SMILES string of the molecule is CC(NC(=O)C(F)(F)F)c1ccccc1.Nc1sc(C(F)(F)F)nc1-c1ccccc1. The molecule has 0 aliphatic carbocycles. The maximum absolute atomic E-state index is 12.4. The summed E-state index contributed by atoms with van der Waals surface area (Å²) in [5.74, 6) is -1.92. The van der Waals surface area contributed by atoms with Crippen molar-refractivity contribution in [1.29, 1.82) is 0 Å². The summed E-state index contributed by atoms with van der Waals surface area (Å²) in [4.78, 5) is 14.1. The quantitative estimate of drug-likeness (QED) is 0.482. The Morgan fingerprint density at radius 2 is 1.48 bits per heavy atom. The molecule has 3 N–H and O–H groups in total. The Kier molecular flexibility index (Phi) is 7.66. The van der Waals surface area contributed by atoms with Gasteiger partial charge in [0.1, 0.15) is 10.7 Å². The number of anilines is 1. The minimum atomic E-state index is -4.83. The summed E-state index contributed by atoms with van der Waals surface area (Å²) < 4.78 is 72.9. The molecule has 1 atom stereocenters. The van der Waals surface area contributed by atoms with Gasteiger partial charge in [-0.15, -0.1) is 0 Å². The third kappa shape index (κ3) is 6.99. The van der Waals surface area contributed by atoms with Crippen LogP contribution in [0.2, 0.25) is 0 Å². The van der Waals surface area contributed by atoms with Gasteiger partial charge in [-0.1, -0.05) is 72.0 Å². The van der Waals surface area contributed by atoms with Crippen LogP contribution < -0.4 is 11.1 Å². The van der Waals surface area contributed by atoms with E-state index >= 15 is 0 Å². The monoisotopic (exact) mass is 461 g/mol. The zero-order valence-corrected chi connectivity index (χ0v) is 16.8. The standard InChI is InChI=1S/C10H7F3N2S.C10H10F3NO/c11-10(12,13)9-15-7(8(14)16-9)6-4-2-1-3-5-6;1-7(8-5-3-2-4-6-8)14-9(15)10(11,12)13/h1-5H,14H2;2-7H,1H3,(H,14,15). The molecule has 1 aromatic heterocycles. The lowest BCUT2D eigenvalue weighted by Crippen LogP contribution is -2.38. The Morgan fingerprint density at radius 3 is 1.94 bits per heavy atom. The number of hydrogen-bond donors (Lipinski definition) is 2. The van der Waals surface area contributed by atoms with Crippen LogP contribution in [0.15, 0.2) is 60.7 Å².